The lowest BCUT2D eigenvalue weighted by atomic mass is 10.1. The molecule has 0 spiro atoms. The van der Waals surface area contributed by atoms with Crippen molar-refractivity contribution in [3.63, 3.8) is 0 Å². The zero-order valence-electron chi connectivity index (χ0n) is 18.7. The van der Waals surface area contributed by atoms with Gasteiger partial charge in [0.1, 0.15) is 0 Å². The molecule has 3 N–H and O–H groups in total. The highest BCUT2D eigenvalue weighted by atomic mass is 19.4. The maximum Gasteiger partial charge on any atom is 0.416 e. The van der Waals surface area contributed by atoms with Crippen molar-refractivity contribution in [2.75, 3.05) is 31.3 Å². The van der Waals surface area contributed by atoms with E-state index in [-0.39, 0.29) is 40.6 Å². The molecule has 12 heteroatoms. The first-order chi connectivity index (χ1) is 16.1. The van der Waals surface area contributed by atoms with E-state index in [1.807, 2.05) is 0 Å². The molecule has 9 nitrogen and oxygen atoms in total. The molecule has 2 aromatic heterocycles. The molecule has 3 rings (SSSR count). The first-order valence-electron chi connectivity index (χ1n) is 10.2. The lowest BCUT2D eigenvalue weighted by Gasteiger charge is -2.18. The van der Waals surface area contributed by atoms with E-state index in [1.165, 1.54) is 36.8 Å². The third-order valence-electron chi connectivity index (χ3n) is 4.50. The second-order valence-corrected chi connectivity index (χ2v) is 7.50. The molecule has 0 aliphatic heterocycles. The highest BCUT2D eigenvalue weighted by Gasteiger charge is 2.33. The van der Waals surface area contributed by atoms with Gasteiger partial charge in [0, 0.05) is 24.0 Å². The summed E-state index contributed by atoms with van der Waals surface area (Å²) in [5.74, 6) is 0.398. The van der Waals surface area contributed by atoms with Gasteiger partial charge in [-0.15, -0.1) is 0 Å². The van der Waals surface area contributed by atoms with Crippen LogP contribution in [0.15, 0.2) is 47.7 Å². The fourth-order valence-electron chi connectivity index (χ4n) is 3.09. The van der Waals surface area contributed by atoms with Gasteiger partial charge < -0.3 is 25.3 Å². The van der Waals surface area contributed by atoms with Gasteiger partial charge in [0.05, 0.1) is 30.3 Å². The Hall–Kier alpha value is -3.93. The molecule has 0 aliphatic rings. The predicted molar refractivity (Wildman–Crippen MR) is 121 cm³/mol. The predicted octanol–water partition coefficient (Wildman–Crippen LogP) is 3.96. The number of carbonyl (C=O) groups excluding carboxylic acids is 1. The summed E-state index contributed by atoms with van der Waals surface area (Å²) in [7, 11) is 3.34. The van der Waals surface area contributed by atoms with Gasteiger partial charge in [-0.2, -0.15) is 13.2 Å². The molecular weight excluding hydrogens is 453 g/mol. The molecule has 3 aromatic rings. The summed E-state index contributed by atoms with van der Waals surface area (Å²) < 4.78 is 45.6. The summed E-state index contributed by atoms with van der Waals surface area (Å²) in [4.78, 5) is 36.4. The fraction of sp³-hybridized carbons (Fsp3) is 0.273. The monoisotopic (exact) mass is 476 g/mol. The number of hydrogen-bond acceptors (Lipinski definition) is 6. The van der Waals surface area contributed by atoms with Crippen molar-refractivity contribution in [2.45, 2.75) is 19.6 Å². The minimum absolute atomic E-state index is 0.0124. The number of halogens is 3. The Morgan fingerprint density at radius 1 is 1.12 bits per heavy atom. The number of nitrogens with zero attached hydrogens (tertiary/aromatic N) is 3. The zero-order valence-corrected chi connectivity index (χ0v) is 18.7. The van der Waals surface area contributed by atoms with Crippen LogP contribution in [0.4, 0.5) is 29.3 Å². The molecule has 0 aliphatic carbocycles. The van der Waals surface area contributed by atoms with Crippen molar-refractivity contribution in [3.8, 4) is 17.1 Å². The molecular formula is C22H23F3N6O3. The lowest BCUT2D eigenvalue weighted by molar-refractivity contribution is -0.138. The van der Waals surface area contributed by atoms with Gasteiger partial charge in [0.15, 0.2) is 11.6 Å². The van der Waals surface area contributed by atoms with Crippen LogP contribution < -0.4 is 20.9 Å². The summed E-state index contributed by atoms with van der Waals surface area (Å²) in [5, 5.41) is 4.85. The number of aromatic amines is 1. The van der Waals surface area contributed by atoms with E-state index in [1.54, 1.807) is 25.9 Å². The van der Waals surface area contributed by atoms with Gasteiger partial charge in [-0.1, -0.05) is 6.07 Å². The van der Waals surface area contributed by atoms with Crippen LogP contribution in [0.5, 0.6) is 5.75 Å². The van der Waals surface area contributed by atoms with E-state index in [4.69, 9.17) is 4.74 Å². The number of alkyl halides is 3. The number of ether oxygens (including phenoxy) is 1. The second-order valence-electron chi connectivity index (χ2n) is 7.50. The van der Waals surface area contributed by atoms with Crippen LogP contribution in [0.25, 0.3) is 11.4 Å². The van der Waals surface area contributed by atoms with Crippen molar-refractivity contribution in [1.82, 2.24) is 19.9 Å². The Morgan fingerprint density at radius 3 is 2.41 bits per heavy atom. The van der Waals surface area contributed by atoms with Crippen LogP contribution in [0.2, 0.25) is 0 Å². The van der Waals surface area contributed by atoms with E-state index in [0.29, 0.717) is 12.2 Å². The molecule has 2 amide bonds. The van der Waals surface area contributed by atoms with Crippen molar-refractivity contribution in [1.29, 1.82) is 0 Å². The third-order valence-corrected chi connectivity index (χ3v) is 4.50. The van der Waals surface area contributed by atoms with E-state index in [2.05, 4.69) is 25.6 Å². The topological polar surface area (TPSA) is 112 Å². The second kappa shape index (κ2) is 10.3. The molecule has 1 aromatic carbocycles. The molecule has 180 valence electrons. The average Bonchev–Trinajstić information content (AvgIpc) is 2.76. The summed E-state index contributed by atoms with van der Waals surface area (Å²) in [6, 6.07) is 4.36. The number of nitrogens with one attached hydrogen (secondary N) is 3. The van der Waals surface area contributed by atoms with Crippen LogP contribution >= 0.6 is 0 Å². The summed E-state index contributed by atoms with van der Waals surface area (Å²) in [5.41, 5.74) is -0.403. The quantitative estimate of drug-likeness (QED) is 0.476. The molecule has 0 fully saturated rings. The number of pyridine rings is 1. The number of hydrogen-bond donors (Lipinski definition) is 3. The standard InChI is InChI=1S/C22H23F3N6O3/c1-4-34-18-7-14(9-28-20(18)32)19-26-10-16(11-27-19)30-21(33)29-15-6-5-13(12-31(2)3)17(8-15)22(23,24)25/h5-11H,4,12H2,1-3H3,(H,28,32)(H2,29,30,33). The highest BCUT2D eigenvalue weighted by molar-refractivity contribution is 5.99. The van der Waals surface area contributed by atoms with Gasteiger partial charge in [0.2, 0.25) is 0 Å². The Balaban J connectivity index is 1.71. The molecule has 0 saturated heterocycles. The van der Waals surface area contributed by atoms with Gasteiger partial charge >= 0.3 is 12.2 Å². The summed E-state index contributed by atoms with van der Waals surface area (Å²) in [6.45, 7) is 2.16. The zero-order chi connectivity index (χ0) is 24.9. The summed E-state index contributed by atoms with van der Waals surface area (Å²) >= 11 is 0. The van der Waals surface area contributed by atoms with Gasteiger partial charge in [-0.25, -0.2) is 14.8 Å². The Kier molecular flexibility index (Phi) is 7.51. The number of anilines is 2. The molecule has 0 bridgehead atoms. The normalized spacial score (nSPS) is 11.4. The van der Waals surface area contributed by atoms with E-state index >= 15 is 0 Å². The Labute approximate surface area is 193 Å². The SMILES string of the molecule is CCOc1cc(-c2ncc(NC(=O)Nc3ccc(CN(C)C)c(C(F)(F)F)c3)cn2)c[nH]c1=O. The Morgan fingerprint density at radius 2 is 1.79 bits per heavy atom. The first kappa shape index (κ1) is 24.7. The van der Waals surface area contributed by atoms with Crippen molar-refractivity contribution in [2.24, 2.45) is 0 Å². The van der Waals surface area contributed by atoms with Crippen molar-refractivity contribution < 1.29 is 22.7 Å². The average molecular weight is 476 g/mol. The van der Waals surface area contributed by atoms with Crippen LogP contribution in [0, 0.1) is 0 Å². The highest BCUT2D eigenvalue weighted by Crippen LogP contribution is 2.34. The van der Waals surface area contributed by atoms with Gasteiger partial charge in [0.25, 0.3) is 5.56 Å². The Bertz CT molecular complexity index is 1210. The maximum absolute atomic E-state index is 13.4. The van der Waals surface area contributed by atoms with E-state index in [9.17, 15) is 22.8 Å². The van der Waals surface area contributed by atoms with Gasteiger partial charge in [-0.05, 0) is 44.8 Å². The number of carbonyl (C=O) groups is 1. The minimum Gasteiger partial charge on any atom is -0.488 e. The van der Waals surface area contributed by atoms with Crippen molar-refractivity contribution >= 4 is 17.4 Å². The number of rotatable bonds is 7. The minimum atomic E-state index is -4.56. The molecule has 0 radical (unpaired) electrons. The molecule has 2 heterocycles. The van der Waals surface area contributed by atoms with E-state index in [0.717, 1.165) is 6.07 Å². The fourth-order valence-corrected chi connectivity index (χ4v) is 3.09. The van der Waals surface area contributed by atoms with Crippen LogP contribution in [0.3, 0.4) is 0 Å². The lowest BCUT2D eigenvalue weighted by Crippen LogP contribution is -2.21. The van der Waals surface area contributed by atoms with Crippen LogP contribution in [0.1, 0.15) is 18.1 Å². The van der Waals surface area contributed by atoms with Crippen molar-refractivity contribution in [3.05, 3.63) is 64.3 Å². The number of aromatic nitrogens is 3. The largest absolute Gasteiger partial charge is 0.488 e. The molecule has 34 heavy (non-hydrogen) atoms. The third kappa shape index (κ3) is 6.32. The number of urea groups is 1. The number of benzene rings is 1. The summed E-state index contributed by atoms with van der Waals surface area (Å²) in [6.07, 6.45) is -0.478. The molecule has 0 atom stereocenters. The smallest absolute Gasteiger partial charge is 0.416 e. The molecule has 0 unspecified atom stereocenters. The maximum atomic E-state index is 13.4. The number of H-pyrrole nitrogens is 1. The van der Waals surface area contributed by atoms with Gasteiger partial charge in [-0.3, -0.25) is 4.79 Å². The van der Waals surface area contributed by atoms with Crippen LogP contribution in [-0.4, -0.2) is 46.6 Å². The van der Waals surface area contributed by atoms with E-state index < -0.39 is 17.8 Å². The first-order valence-corrected chi connectivity index (χ1v) is 10.2. The molecule has 0 saturated carbocycles. The number of amides is 2. The van der Waals surface area contributed by atoms with Crippen LogP contribution in [-0.2, 0) is 12.7 Å².